The molecule has 1 fully saturated rings. The predicted octanol–water partition coefficient (Wildman–Crippen LogP) is 7.79. The van der Waals surface area contributed by atoms with Gasteiger partial charge in [0.25, 0.3) is 0 Å². The molecule has 3 nitrogen and oxygen atoms in total. The van der Waals surface area contributed by atoms with Gasteiger partial charge in [-0.05, 0) is 44.2 Å². The van der Waals surface area contributed by atoms with Crippen molar-refractivity contribution in [3.63, 3.8) is 0 Å². The van der Waals surface area contributed by atoms with Gasteiger partial charge in [0, 0.05) is 36.5 Å². The molecule has 178 valence electrons. The van der Waals surface area contributed by atoms with E-state index in [2.05, 4.69) is 49.9 Å². The number of carbonyl (C=O) groups is 2. The SMILES string of the molecule is CC.CC(=O)CCN(c1ccccc1C)C1CCCCC1.CC(C)CC(=O)C(C)(C)C. The molecule has 0 aromatic heterocycles. The summed E-state index contributed by atoms with van der Waals surface area (Å²) in [6.07, 6.45) is 7.93. The van der Waals surface area contributed by atoms with E-state index < -0.39 is 0 Å². The number of hydrogen-bond acceptors (Lipinski definition) is 3. The summed E-state index contributed by atoms with van der Waals surface area (Å²) in [5.74, 6) is 1.14. The number of benzene rings is 1. The molecule has 1 aliphatic carbocycles. The molecule has 0 bridgehead atoms. The van der Waals surface area contributed by atoms with Crippen LogP contribution < -0.4 is 4.90 Å². The van der Waals surface area contributed by atoms with E-state index in [-0.39, 0.29) is 11.2 Å². The molecule has 0 atom stereocenters. The number of carbonyl (C=O) groups excluding carboxylic acids is 2. The van der Waals surface area contributed by atoms with Gasteiger partial charge in [0.2, 0.25) is 0 Å². The van der Waals surface area contributed by atoms with Crippen molar-refractivity contribution in [2.24, 2.45) is 11.3 Å². The Kier molecular flexibility index (Phi) is 14.4. The first-order valence-corrected chi connectivity index (χ1v) is 12.4. The molecule has 0 spiro atoms. The van der Waals surface area contributed by atoms with E-state index in [9.17, 15) is 9.59 Å². The van der Waals surface area contributed by atoms with Gasteiger partial charge in [0.05, 0.1) is 0 Å². The molecule has 0 saturated heterocycles. The molecule has 1 saturated carbocycles. The van der Waals surface area contributed by atoms with Crippen LogP contribution in [0.1, 0.15) is 106 Å². The Morgan fingerprint density at radius 1 is 1.03 bits per heavy atom. The van der Waals surface area contributed by atoms with Crippen LogP contribution in [0, 0.1) is 18.3 Å². The van der Waals surface area contributed by atoms with Crippen LogP contribution in [0.3, 0.4) is 0 Å². The van der Waals surface area contributed by atoms with Gasteiger partial charge in [-0.15, -0.1) is 0 Å². The maximum Gasteiger partial charge on any atom is 0.138 e. The van der Waals surface area contributed by atoms with Crippen LogP contribution >= 0.6 is 0 Å². The van der Waals surface area contributed by atoms with E-state index in [0.717, 1.165) is 6.54 Å². The summed E-state index contributed by atoms with van der Waals surface area (Å²) in [7, 11) is 0. The van der Waals surface area contributed by atoms with E-state index in [1.165, 1.54) is 43.4 Å². The zero-order chi connectivity index (χ0) is 24.0. The summed E-state index contributed by atoms with van der Waals surface area (Å²) >= 11 is 0. The van der Waals surface area contributed by atoms with Crippen LogP contribution in [0.4, 0.5) is 5.69 Å². The Balaban J connectivity index is 0.000000639. The quantitative estimate of drug-likeness (QED) is 0.442. The van der Waals surface area contributed by atoms with Crippen LogP contribution in [0.25, 0.3) is 0 Å². The first kappa shape index (κ1) is 29.4. The smallest absolute Gasteiger partial charge is 0.138 e. The molecule has 0 unspecified atom stereocenters. The highest BCUT2D eigenvalue weighted by atomic mass is 16.1. The van der Waals surface area contributed by atoms with Gasteiger partial charge in [-0.3, -0.25) is 9.59 Å². The number of rotatable bonds is 7. The Bertz CT molecular complexity index is 637. The molecule has 0 radical (unpaired) electrons. The Morgan fingerprint density at radius 2 is 1.58 bits per heavy atom. The van der Waals surface area contributed by atoms with Crippen molar-refractivity contribution >= 4 is 17.3 Å². The number of aryl methyl sites for hydroxylation is 1. The Labute approximate surface area is 193 Å². The number of ketones is 2. The monoisotopic (exact) mass is 431 g/mol. The summed E-state index contributed by atoms with van der Waals surface area (Å²) in [6, 6.07) is 9.17. The number of Topliss-reactive ketones (excluding diaryl/α,β-unsaturated/α-hetero) is 2. The highest BCUT2D eigenvalue weighted by molar-refractivity contribution is 5.83. The molecule has 0 heterocycles. The van der Waals surface area contributed by atoms with Crippen molar-refractivity contribution < 1.29 is 9.59 Å². The van der Waals surface area contributed by atoms with E-state index in [0.29, 0.717) is 30.6 Å². The summed E-state index contributed by atoms with van der Waals surface area (Å²) in [6.45, 7) is 18.8. The fourth-order valence-corrected chi connectivity index (χ4v) is 3.73. The van der Waals surface area contributed by atoms with Crippen molar-refractivity contribution in [2.45, 2.75) is 113 Å². The maximum atomic E-state index is 11.3. The molecular formula is C28H49NO2. The van der Waals surface area contributed by atoms with Gasteiger partial charge >= 0.3 is 0 Å². The maximum absolute atomic E-state index is 11.3. The third-order valence-corrected chi connectivity index (χ3v) is 5.58. The number of nitrogens with zero attached hydrogens (tertiary/aromatic N) is 1. The summed E-state index contributed by atoms with van der Waals surface area (Å²) in [5, 5.41) is 0. The van der Waals surface area contributed by atoms with Crippen molar-refractivity contribution in [2.75, 3.05) is 11.4 Å². The van der Waals surface area contributed by atoms with E-state index in [1.807, 2.05) is 34.6 Å². The minimum atomic E-state index is -0.149. The standard InChI is InChI=1S/C17H25NO.C9H18O.C2H6/c1-14-8-6-7-11-17(14)18(13-12-15(2)19)16-9-4-3-5-10-16;1-7(2)6-8(10)9(3,4)5;1-2/h6-8,11,16H,3-5,9-10,12-13H2,1-2H3;7H,6H2,1-5H3;1-2H3. The Hall–Kier alpha value is -1.64. The molecule has 0 amide bonds. The zero-order valence-corrected chi connectivity index (χ0v) is 21.9. The normalized spacial score (nSPS) is 14.1. The largest absolute Gasteiger partial charge is 0.368 e. The average Bonchev–Trinajstić information content (AvgIpc) is 2.71. The van der Waals surface area contributed by atoms with Crippen molar-refractivity contribution in [1.29, 1.82) is 0 Å². The van der Waals surface area contributed by atoms with Crippen LogP contribution in [-0.2, 0) is 9.59 Å². The number of para-hydroxylation sites is 1. The second kappa shape index (κ2) is 15.2. The lowest BCUT2D eigenvalue weighted by Gasteiger charge is -2.37. The molecule has 1 aromatic rings. The second-order valence-electron chi connectivity index (χ2n) is 9.99. The number of hydrogen-bond donors (Lipinski definition) is 0. The van der Waals surface area contributed by atoms with E-state index in [1.54, 1.807) is 6.92 Å². The highest BCUT2D eigenvalue weighted by Crippen LogP contribution is 2.29. The third kappa shape index (κ3) is 12.1. The summed E-state index contributed by atoms with van der Waals surface area (Å²) in [4.78, 5) is 25.1. The van der Waals surface area contributed by atoms with Crippen molar-refractivity contribution in [3.05, 3.63) is 29.8 Å². The molecule has 31 heavy (non-hydrogen) atoms. The Morgan fingerprint density at radius 3 is 2.00 bits per heavy atom. The van der Waals surface area contributed by atoms with Gasteiger partial charge in [-0.1, -0.05) is 85.9 Å². The summed E-state index contributed by atoms with van der Waals surface area (Å²) in [5.41, 5.74) is 2.48. The van der Waals surface area contributed by atoms with Crippen LogP contribution in [-0.4, -0.2) is 24.2 Å². The molecule has 2 rings (SSSR count). The summed E-state index contributed by atoms with van der Waals surface area (Å²) < 4.78 is 0. The van der Waals surface area contributed by atoms with Gasteiger partial charge in [-0.25, -0.2) is 0 Å². The van der Waals surface area contributed by atoms with Gasteiger partial charge in [-0.2, -0.15) is 0 Å². The molecule has 1 aliphatic rings. The predicted molar refractivity (Wildman–Crippen MR) is 136 cm³/mol. The van der Waals surface area contributed by atoms with Crippen molar-refractivity contribution in [3.8, 4) is 0 Å². The van der Waals surface area contributed by atoms with Crippen molar-refractivity contribution in [1.82, 2.24) is 0 Å². The van der Waals surface area contributed by atoms with Gasteiger partial charge < -0.3 is 4.90 Å². The van der Waals surface area contributed by atoms with E-state index in [4.69, 9.17) is 0 Å². The average molecular weight is 432 g/mol. The fraction of sp³-hybridized carbons (Fsp3) is 0.714. The molecule has 0 aliphatic heterocycles. The van der Waals surface area contributed by atoms with E-state index >= 15 is 0 Å². The lowest BCUT2D eigenvalue weighted by atomic mass is 9.86. The third-order valence-electron chi connectivity index (χ3n) is 5.58. The highest BCUT2D eigenvalue weighted by Gasteiger charge is 2.23. The van der Waals surface area contributed by atoms with Gasteiger partial charge in [0.1, 0.15) is 11.6 Å². The second-order valence-corrected chi connectivity index (χ2v) is 9.99. The van der Waals surface area contributed by atoms with Crippen LogP contribution in [0.2, 0.25) is 0 Å². The molecule has 3 heteroatoms. The first-order valence-electron chi connectivity index (χ1n) is 12.4. The fourth-order valence-electron chi connectivity index (χ4n) is 3.73. The molecule has 0 N–H and O–H groups in total. The lowest BCUT2D eigenvalue weighted by Crippen LogP contribution is -2.38. The van der Waals surface area contributed by atoms with Crippen LogP contribution in [0.15, 0.2) is 24.3 Å². The number of anilines is 1. The first-order chi connectivity index (χ1) is 14.5. The minimum absolute atomic E-state index is 0.149. The lowest BCUT2D eigenvalue weighted by molar-refractivity contribution is -0.127. The zero-order valence-electron chi connectivity index (χ0n) is 21.9. The van der Waals surface area contributed by atoms with Gasteiger partial charge in [0.15, 0.2) is 0 Å². The topological polar surface area (TPSA) is 37.4 Å². The van der Waals surface area contributed by atoms with Crippen LogP contribution in [0.5, 0.6) is 0 Å². The minimum Gasteiger partial charge on any atom is -0.368 e. The molecule has 1 aromatic carbocycles. The molecular weight excluding hydrogens is 382 g/mol.